The molecule has 0 radical (unpaired) electrons. The number of ether oxygens (including phenoxy) is 1. The summed E-state index contributed by atoms with van der Waals surface area (Å²) in [5, 5.41) is 2.67. The number of hydrogen-bond donors (Lipinski definition) is 2. The quantitative estimate of drug-likeness (QED) is 0.792. The number of anilines is 1. The van der Waals surface area contributed by atoms with Crippen molar-refractivity contribution in [2.24, 2.45) is 28.9 Å². The molecule has 1 aromatic carbocycles. The van der Waals surface area contributed by atoms with E-state index in [2.05, 4.69) is 5.32 Å². The average molecular weight is 356 g/mol. The third kappa shape index (κ3) is 3.20. The molecule has 0 spiro atoms. The van der Waals surface area contributed by atoms with Gasteiger partial charge < -0.3 is 15.8 Å². The monoisotopic (exact) mass is 356 g/mol. The fraction of sp³-hybridized carbons (Fsp3) is 0.550. The van der Waals surface area contributed by atoms with E-state index in [1.54, 1.807) is 24.3 Å². The predicted octanol–water partition coefficient (Wildman–Crippen LogP) is 2.48. The van der Waals surface area contributed by atoms with E-state index in [1.807, 2.05) is 0 Å². The van der Waals surface area contributed by atoms with Crippen LogP contribution in [0.25, 0.3) is 0 Å². The van der Waals surface area contributed by atoms with E-state index in [9.17, 15) is 14.4 Å². The zero-order valence-corrected chi connectivity index (χ0v) is 14.7. The molecule has 4 bridgehead atoms. The molecular weight excluding hydrogens is 332 g/mol. The highest BCUT2D eigenvalue weighted by Gasteiger charge is 2.55. The van der Waals surface area contributed by atoms with E-state index >= 15 is 0 Å². The van der Waals surface area contributed by atoms with Gasteiger partial charge in [0.25, 0.3) is 5.91 Å². The molecule has 3 N–H and O–H groups in total. The second-order valence-electron chi connectivity index (χ2n) is 8.26. The fourth-order valence-electron chi connectivity index (χ4n) is 5.56. The van der Waals surface area contributed by atoms with Gasteiger partial charge in [0, 0.05) is 11.3 Å². The van der Waals surface area contributed by atoms with Crippen molar-refractivity contribution in [3.63, 3.8) is 0 Å². The van der Waals surface area contributed by atoms with Crippen LogP contribution in [0.15, 0.2) is 24.3 Å². The lowest BCUT2D eigenvalue weighted by Crippen LogP contribution is -2.50. The summed E-state index contributed by atoms with van der Waals surface area (Å²) in [5.74, 6) is 0.877. The summed E-state index contributed by atoms with van der Waals surface area (Å²) in [6.07, 6.45) is 6.55. The lowest BCUT2D eigenvalue weighted by atomic mass is 9.49. The van der Waals surface area contributed by atoms with Gasteiger partial charge in [-0.05, 0) is 80.5 Å². The predicted molar refractivity (Wildman–Crippen MR) is 95.2 cm³/mol. The van der Waals surface area contributed by atoms with E-state index in [1.165, 1.54) is 19.3 Å². The summed E-state index contributed by atoms with van der Waals surface area (Å²) >= 11 is 0. The van der Waals surface area contributed by atoms with E-state index in [4.69, 9.17) is 10.5 Å². The Kier molecular flexibility index (Phi) is 4.21. The second-order valence-corrected chi connectivity index (χ2v) is 8.26. The van der Waals surface area contributed by atoms with E-state index < -0.39 is 5.91 Å². The molecule has 2 amide bonds. The highest BCUT2D eigenvalue weighted by atomic mass is 16.5. The topological polar surface area (TPSA) is 98.5 Å². The van der Waals surface area contributed by atoms with Crippen LogP contribution in [-0.2, 0) is 14.3 Å². The molecule has 6 nitrogen and oxygen atoms in total. The van der Waals surface area contributed by atoms with E-state index in [0.717, 1.165) is 19.3 Å². The minimum atomic E-state index is -0.521. The maximum Gasteiger partial charge on any atom is 0.312 e. The third-order valence-corrected chi connectivity index (χ3v) is 6.26. The summed E-state index contributed by atoms with van der Waals surface area (Å²) in [7, 11) is 0. The second kappa shape index (κ2) is 6.41. The van der Waals surface area contributed by atoms with Crippen LogP contribution in [0.3, 0.4) is 0 Å². The van der Waals surface area contributed by atoms with Gasteiger partial charge >= 0.3 is 5.97 Å². The summed E-state index contributed by atoms with van der Waals surface area (Å²) in [6.45, 7) is -0.280. The van der Waals surface area contributed by atoms with Crippen LogP contribution in [0, 0.1) is 23.2 Å². The highest BCUT2D eigenvalue weighted by molar-refractivity contribution is 5.95. The normalized spacial score (nSPS) is 31.5. The molecule has 4 fully saturated rings. The van der Waals surface area contributed by atoms with Crippen LogP contribution in [0.2, 0.25) is 0 Å². The molecule has 6 heteroatoms. The van der Waals surface area contributed by atoms with Gasteiger partial charge in [-0.1, -0.05) is 0 Å². The minimum Gasteiger partial charge on any atom is -0.455 e. The molecule has 4 aliphatic rings. The molecular formula is C20H24N2O4. The maximum atomic E-state index is 12.7. The smallest absolute Gasteiger partial charge is 0.312 e. The zero-order chi connectivity index (χ0) is 18.3. The number of amides is 2. The lowest BCUT2D eigenvalue weighted by Gasteiger charge is -2.55. The Bertz CT molecular complexity index is 705. The first-order valence-corrected chi connectivity index (χ1v) is 9.30. The average Bonchev–Trinajstić information content (AvgIpc) is 2.59. The number of nitrogens with two attached hydrogens (primary N) is 1. The number of hydrogen-bond acceptors (Lipinski definition) is 4. The van der Waals surface area contributed by atoms with E-state index in [0.29, 0.717) is 29.0 Å². The first kappa shape index (κ1) is 17.1. The largest absolute Gasteiger partial charge is 0.455 e. The van der Waals surface area contributed by atoms with Gasteiger partial charge in [-0.15, -0.1) is 0 Å². The number of nitrogens with one attached hydrogen (secondary N) is 1. The first-order valence-electron chi connectivity index (χ1n) is 9.30. The van der Waals surface area contributed by atoms with Crippen LogP contribution in [-0.4, -0.2) is 24.4 Å². The van der Waals surface area contributed by atoms with Gasteiger partial charge in [0.1, 0.15) is 0 Å². The molecule has 26 heavy (non-hydrogen) atoms. The SMILES string of the molecule is NC(=O)c1ccc(NC(=O)COC(=O)C23CC4CC(CC(C4)C2)C3)cc1. The molecule has 0 saturated heterocycles. The molecule has 0 atom stereocenters. The van der Waals surface area contributed by atoms with Gasteiger partial charge in [-0.25, -0.2) is 0 Å². The maximum absolute atomic E-state index is 12.7. The van der Waals surface area contributed by atoms with Crippen LogP contribution in [0.4, 0.5) is 5.69 Å². The molecule has 0 unspecified atom stereocenters. The molecule has 0 aliphatic heterocycles. The summed E-state index contributed by atoms with van der Waals surface area (Å²) in [5.41, 5.74) is 5.74. The number of primary amides is 1. The van der Waals surface area contributed by atoms with Gasteiger partial charge in [-0.3, -0.25) is 14.4 Å². The summed E-state index contributed by atoms with van der Waals surface area (Å²) < 4.78 is 5.40. The van der Waals surface area contributed by atoms with Gasteiger partial charge in [-0.2, -0.15) is 0 Å². The Morgan fingerprint density at radius 2 is 1.54 bits per heavy atom. The van der Waals surface area contributed by atoms with Crippen LogP contribution < -0.4 is 11.1 Å². The number of carbonyl (C=O) groups is 3. The van der Waals surface area contributed by atoms with Crippen molar-refractivity contribution in [2.75, 3.05) is 11.9 Å². The van der Waals surface area contributed by atoms with Crippen molar-refractivity contribution in [3.05, 3.63) is 29.8 Å². The lowest BCUT2D eigenvalue weighted by molar-refractivity contribution is -0.172. The Labute approximate surface area is 152 Å². The van der Waals surface area contributed by atoms with Crippen LogP contribution >= 0.6 is 0 Å². The Hall–Kier alpha value is -2.37. The van der Waals surface area contributed by atoms with Crippen LogP contribution in [0.5, 0.6) is 0 Å². The zero-order valence-electron chi connectivity index (χ0n) is 14.7. The van der Waals surface area contributed by atoms with Crippen molar-refractivity contribution in [1.82, 2.24) is 0 Å². The van der Waals surface area contributed by atoms with Crippen molar-refractivity contribution in [3.8, 4) is 0 Å². The summed E-state index contributed by atoms with van der Waals surface area (Å²) in [4.78, 5) is 35.9. The number of carbonyl (C=O) groups excluding carboxylic acids is 3. The fourth-order valence-corrected chi connectivity index (χ4v) is 5.56. The van der Waals surface area contributed by atoms with Crippen molar-refractivity contribution >= 4 is 23.5 Å². The Morgan fingerprint density at radius 1 is 1.00 bits per heavy atom. The standard InChI is InChI=1S/C20H24N2O4/c21-18(24)15-1-3-16(4-2-15)22-17(23)11-26-19(25)20-8-12-5-13(9-20)7-14(6-12)10-20/h1-4,12-14H,5-11H2,(H2,21,24)(H,22,23). The Morgan fingerprint density at radius 3 is 2.04 bits per heavy atom. The van der Waals surface area contributed by atoms with Gasteiger partial charge in [0.15, 0.2) is 6.61 Å². The Balaban J connectivity index is 1.31. The highest BCUT2D eigenvalue weighted by Crippen LogP contribution is 2.60. The molecule has 4 saturated carbocycles. The summed E-state index contributed by atoms with van der Waals surface area (Å²) in [6, 6.07) is 6.27. The molecule has 138 valence electrons. The number of rotatable bonds is 5. The molecule has 1 aromatic rings. The molecule has 5 rings (SSSR count). The third-order valence-electron chi connectivity index (χ3n) is 6.26. The van der Waals surface area contributed by atoms with Crippen molar-refractivity contribution < 1.29 is 19.1 Å². The first-order chi connectivity index (χ1) is 12.4. The van der Waals surface area contributed by atoms with Crippen molar-refractivity contribution in [1.29, 1.82) is 0 Å². The molecule has 0 heterocycles. The molecule has 4 aliphatic carbocycles. The van der Waals surface area contributed by atoms with Crippen LogP contribution in [0.1, 0.15) is 48.9 Å². The number of benzene rings is 1. The molecule has 0 aromatic heterocycles. The van der Waals surface area contributed by atoms with E-state index in [-0.39, 0.29) is 23.9 Å². The van der Waals surface area contributed by atoms with Crippen molar-refractivity contribution in [2.45, 2.75) is 38.5 Å². The number of esters is 1. The minimum absolute atomic E-state index is 0.198. The van der Waals surface area contributed by atoms with Gasteiger partial charge in [0.05, 0.1) is 5.41 Å². The van der Waals surface area contributed by atoms with Gasteiger partial charge in [0.2, 0.25) is 5.91 Å².